The molecule has 0 atom stereocenters. The van der Waals surface area contributed by atoms with Crippen LogP contribution in [0.15, 0.2) is 79.4 Å². The highest BCUT2D eigenvalue weighted by Gasteiger charge is 2.19. The lowest BCUT2D eigenvalue weighted by Crippen LogP contribution is -1.98. The largest absolute Gasteiger partial charge is 0.493 e. The molecule has 0 radical (unpaired) electrons. The van der Waals surface area contributed by atoms with Gasteiger partial charge in [0.15, 0.2) is 11.5 Å². The standard InChI is InChI=1S/C27H25NO2/c1-5-18-15-20-16-24(29-3)25(30-4)17-22(20)27(19-11-7-6-8-12-19)26(18)21-13-9-10-14-23(21)28-2/h5-17,28H,1H2,2-4H3. The topological polar surface area (TPSA) is 30.5 Å². The van der Waals surface area contributed by atoms with E-state index in [9.17, 15) is 0 Å². The molecule has 0 aliphatic rings. The number of hydrogen-bond acceptors (Lipinski definition) is 3. The van der Waals surface area contributed by atoms with Crippen molar-refractivity contribution in [3.05, 3.63) is 84.9 Å². The fourth-order valence-corrected chi connectivity index (χ4v) is 4.02. The highest BCUT2D eigenvalue weighted by molar-refractivity contribution is 6.09. The van der Waals surface area contributed by atoms with Crippen LogP contribution in [0.3, 0.4) is 0 Å². The molecule has 30 heavy (non-hydrogen) atoms. The summed E-state index contributed by atoms with van der Waals surface area (Å²) in [5, 5.41) is 5.51. The summed E-state index contributed by atoms with van der Waals surface area (Å²) in [5.41, 5.74) is 6.69. The Morgan fingerprint density at radius 1 is 0.800 bits per heavy atom. The van der Waals surface area contributed by atoms with Crippen LogP contribution in [0.1, 0.15) is 5.56 Å². The minimum atomic E-state index is 0.710. The number of para-hydroxylation sites is 1. The van der Waals surface area contributed by atoms with Gasteiger partial charge in [0.2, 0.25) is 0 Å². The van der Waals surface area contributed by atoms with Crippen molar-refractivity contribution in [1.29, 1.82) is 0 Å². The predicted molar refractivity (Wildman–Crippen MR) is 128 cm³/mol. The zero-order valence-electron chi connectivity index (χ0n) is 17.5. The minimum absolute atomic E-state index is 0.710. The highest BCUT2D eigenvalue weighted by Crippen LogP contribution is 2.46. The molecule has 3 heteroatoms. The number of nitrogens with one attached hydrogen (secondary N) is 1. The number of anilines is 1. The van der Waals surface area contributed by atoms with Gasteiger partial charge in [-0.3, -0.25) is 0 Å². The molecule has 0 unspecified atom stereocenters. The fourth-order valence-electron chi connectivity index (χ4n) is 4.02. The molecule has 0 aliphatic carbocycles. The molecule has 1 N–H and O–H groups in total. The van der Waals surface area contributed by atoms with Crippen molar-refractivity contribution in [3.63, 3.8) is 0 Å². The first kappa shape index (κ1) is 19.6. The van der Waals surface area contributed by atoms with E-state index in [1.54, 1.807) is 14.2 Å². The second-order valence-electron chi connectivity index (χ2n) is 7.01. The Hall–Kier alpha value is -3.72. The maximum Gasteiger partial charge on any atom is 0.161 e. The summed E-state index contributed by atoms with van der Waals surface area (Å²) in [4.78, 5) is 0. The lowest BCUT2D eigenvalue weighted by molar-refractivity contribution is 0.356. The van der Waals surface area contributed by atoms with Crippen LogP contribution in [0.5, 0.6) is 11.5 Å². The van der Waals surface area contributed by atoms with E-state index in [4.69, 9.17) is 9.47 Å². The smallest absolute Gasteiger partial charge is 0.161 e. The summed E-state index contributed by atoms with van der Waals surface area (Å²) in [7, 11) is 5.28. The summed E-state index contributed by atoms with van der Waals surface area (Å²) in [6.45, 7) is 4.11. The van der Waals surface area contributed by atoms with E-state index in [1.807, 2.05) is 31.3 Å². The first-order chi connectivity index (χ1) is 14.7. The van der Waals surface area contributed by atoms with E-state index in [-0.39, 0.29) is 0 Å². The summed E-state index contributed by atoms with van der Waals surface area (Å²) in [6, 6.07) is 25.1. The average Bonchev–Trinajstić information content (AvgIpc) is 2.82. The van der Waals surface area contributed by atoms with Crippen LogP contribution in [0.4, 0.5) is 5.69 Å². The Balaban J connectivity index is 2.21. The number of benzene rings is 4. The third-order valence-electron chi connectivity index (χ3n) is 5.42. The fraction of sp³-hybridized carbons (Fsp3) is 0.111. The quantitative estimate of drug-likeness (QED) is 0.386. The van der Waals surface area contributed by atoms with Gasteiger partial charge in [-0.15, -0.1) is 0 Å². The number of rotatable bonds is 6. The Morgan fingerprint density at radius 2 is 1.47 bits per heavy atom. The molecule has 4 aromatic carbocycles. The summed E-state index contributed by atoms with van der Waals surface area (Å²) in [5.74, 6) is 1.42. The maximum absolute atomic E-state index is 5.62. The molecule has 0 heterocycles. The van der Waals surface area contributed by atoms with E-state index in [2.05, 4.69) is 66.5 Å². The molecule has 0 aromatic heterocycles. The van der Waals surface area contributed by atoms with Gasteiger partial charge in [0, 0.05) is 18.3 Å². The normalized spacial score (nSPS) is 10.6. The van der Waals surface area contributed by atoms with E-state index >= 15 is 0 Å². The van der Waals surface area contributed by atoms with Crippen LogP contribution < -0.4 is 14.8 Å². The van der Waals surface area contributed by atoms with Crippen LogP contribution in [0.2, 0.25) is 0 Å². The van der Waals surface area contributed by atoms with Gasteiger partial charge in [-0.25, -0.2) is 0 Å². The third kappa shape index (κ3) is 3.29. The average molecular weight is 396 g/mol. The predicted octanol–water partition coefficient (Wildman–Crippen LogP) is 6.88. The lowest BCUT2D eigenvalue weighted by atomic mass is 9.85. The first-order valence-electron chi connectivity index (χ1n) is 9.89. The lowest BCUT2D eigenvalue weighted by Gasteiger charge is -2.21. The second-order valence-corrected chi connectivity index (χ2v) is 7.01. The Labute approximate surface area is 177 Å². The third-order valence-corrected chi connectivity index (χ3v) is 5.42. The van der Waals surface area contributed by atoms with Crippen LogP contribution >= 0.6 is 0 Å². The molecule has 0 saturated carbocycles. The molecule has 0 amide bonds. The monoisotopic (exact) mass is 395 g/mol. The highest BCUT2D eigenvalue weighted by atomic mass is 16.5. The van der Waals surface area contributed by atoms with Gasteiger partial charge in [-0.1, -0.05) is 61.2 Å². The second kappa shape index (κ2) is 8.34. The van der Waals surface area contributed by atoms with Crippen LogP contribution in [-0.4, -0.2) is 21.3 Å². The summed E-state index contributed by atoms with van der Waals surface area (Å²) < 4.78 is 11.2. The molecule has 4 rings (SSSR count). The molecule has 4 aromatic rings. The number of methoxy groups -OCH3 is 2. The van der Waals surface area contributed by atoms with Crippen LogP contribution in [-0.2, 0) is 0 Å². The molecule has 0 spiro atoms. The molecular formula is C27H25NO2. The molecule has 150 valence electrons. The Bertz CT molecular complexity index is 1210. The van der Waals surface area contributed by atoms with Gasteiger partial charge in [0.25, 0.3) is 0 Å². The zero-order valence-corrected chi connectivity index (χ0v) is 17.5. The number of ether oxygens (including phenoxy) is 2. The SMILES string of the molecule is C=Cc1cc2cc(OC)c(OC)cc2c(-c2ccccc2)c1-c1ccccc1NC. The van der Waals surface area contributed by atoms with Gasteiger partial charge >= 0.3 is 0 Å². The van der Waals surface area contributed by atoms with Gasteiger partial charge in [0.05, 0.1) is 14.2 Å². The van der Waals surface area contributed by atoms with Gasteiger partial charge in [0.1, 0.15) is 0 Å². The number of hydrogen-bond donors (Lipinski definition) is 1. The molecule has 3 nitrogen and oxygen atoms in total. The van der Waals surface area contributed by atoms with Crippen molar-refractivity contribution in [2.24, 2.45) is 0 Å². The molecule has 0 saturated heterocycles. The van der Waals surface area contributed by atoms with E-state index in [0.717, 1.165) is 44.3 Å². The van der Waals surface area contributed by atoms with Crippen molar-refractivity contribution < 1.29 is 9.47 Å². The van der Waals surface area contributed by atoms with Crippen LogP contribution in [0.25, 0.3) is 39.1 Å². The van der Waals surface area contributed by atoms with Crippen molar-refractivity contribution >= 4 is 22.5 Å². The van der Waals surface area contributed by atoms with Crippen molar-refractivity contribution in [1.82, 2.24) is 0 Å². The molecule has 0 aliphatic heterocycles. The van der Waals surface area contributed by atoms with Crippen LogP contribution in [0, 0.1) is 0 Å². The van der Waals surface area contributed by atoms with Crippen molar-refractivity contribution in [2.45, 2.75) is 0 Å². The Kier molecular flexibility index (Phi) is 5.44. The minimum Gasteiger partial charge on any atom is -0.493 e. The van der Waals surface area contributed by atoms with E-state index in [1.165, 1.54) is 0 Å². The number of fused-ring (bicyclic) bond motifs is 1. The summed E-state index contributed by atoms with van der Waals surface area (Å²) in [6.07, 6.45) is 1.92. The van der Waals surface area contributed by atoms with Crippen molar-refractivity contribution in [3.8, 4) is 33.8 Å². The Morgan fingerprint density at radius 3 is 2.13 bits per heavy atom. The zero-order chi connectivity index (χ0) is 21.1. The van der Waals surface area contributed by atoms with E-state index < -0.39 is 0 Å². The van der Waals surface area contributed by atoms with Crippen molar-refractivity contribution in [2.75, 3.05) is 26.6 Å². The molecule has 0 fully saturated rings. The molecular weight excluding hydrogens is 370 g/mol. The molecule has 0 bridgehead atoms. The van der Waals surface area contributed by atoms with Gasteiger partial charge < -0.3 is 14.8 Å². The van der Waals surface area contributed by atoms with Gasteiger partial charge in [-0.2, -0.15) is 0 Å². The maximum atomic E-state index is 5.62. The summed E-state index contributed by atoms with van der Waals surface area (Å²) >= 11 is 0. The van der Waals surface area contributed by atoms with Gasteiger partial charge in [-0.05, 0) is 57.3 Å². The van der Waals surface area contributed by atoms with E-state index in [0.29, 0.717) is 11.5 Å². The first-order valence-corrected chi connectivity index (χ1v) is 9.89.